The number of rotatable bonds is 1. The molecule has 1 saturated carbocycles. The first-order valence-corrected chi connectivity index (χ1v) is 5.15. The summed E-state index contributed by atoms with van der Waals surface area (Å²) in [6.45, 7) is -2.90. The van der Waals surface area contributed by atoms with E-state index in [1.807, 2.05) is 0 Å². The summed E-state index contributed by atoms with van der Waals surface area (Å²) in [6, 6.07) is 4.82. The molecule has 2 atom stereocenters. The van der Waals surface area contributed by atoms with Crippen molar-refractivity contribution in [2.45, 2.75) is 18.2 Å². The quantitative estimate of drug-likeness (QED) is 0.603. The monoisotopic (exact) mass is 221 g/mol. The Hall–Kier alpha value is -1.53. The summed E-state index contributed by atoms with van der Waals surface area (Å²) in [5.41, 5.74) is 0.753. The van der Waals surface area contributed by atoms with Crippen molar-refractivity contribution in [1.82, 2.24) is 0 Å². The predicted molar refractivity (Wildman–Crippen MR) is 55.3 cm³/mol. The van der Waals surface area contributed by atoms with Gasteiger partial charge < -0.3 is 19.8 Å². The van der Waals surface area contributed by atoms with Crippen molar-refractivity contribution in [2.24, 2.45) is 0 Å². The van der Waals surface area contributed by atoms with Crippen molar-refractivity contribution >= 4 is 12.7 Å². The Morgan fingerprint density at radius 2 is 2.19 bits per heavy atom. The van der Waals surface area contributed by atoms with Crippen LogP contribution in [0.2, 0.25) is 5.82 Å². The number of aromatic carboxylic acids is 1. The summed E-state index contributed by atoms with van der Waals surface area (Å²) < 4.78 is 5.06. The molecular formula is C10H10BO5-. The van der Waals surface area contributed by atoms with Gasteiger partial charge in [0.15, 0.2) is 0 Å². The number of fused-ring (bicyclic) bond motifs is 3. The van der Waals surface area contributed by atoms with Crippen molar-refractivity contribution in [2.75, 3.05) is 0 Å². The molecule has 0 bridgehead atoms. The van der Waals surface area contributed by atoms with Crippen LogP contribution in [0.4, 0.5) is 0 Å². The zero-order valence-electron chi connectivity index (χ0n) is 8.33. The van der Waals surface area contributed by atoms with E-state index in [4.69, 9.17) is 9.76 Å². The molecule has 1 aromatic rings. The average Bonchev–Trinajstić information content (AvgIpc) is 2.96. The first kappa shape index (κ1) is 9.68. The molecule has 1 aliphatic carbocycles. The molecule has 16 heavy (non-hydrogen) atoms. The maximum Gasteiger partial charge on any atom is 0.434 e. The number of para-hydroxylation sites is 1. The van der Waals surface area contributed by atoms with E-state index in [1.165, 1.54) is 6.07 Å². The van der Waals surface area contributed by atoms with Gasteiger partial charge in [0.1, 0.15) is 0 Å². The smallest absolute Gasteiger partial charge is 0.434 e. The molecule has 0 aromatic heterocycles. The molecule has 6 heteroatoms. The fraction of sp³-hybridized carbons (Fsp3) is 0.300. The summed E-state index contributed by atoms with van der Waals surface area (Å²) in [4.78, 5) is 11.0. The Kier molecular flexibility index (Phi) is 1.68. The van der Waals surface area contributed by atoms with E-state index in [-0.39, 0.29) is 23.0 Å². The number of carboxylic acid groups (broad SMARTS) is 1. The van der Waals surface area contributed by atoms with Crippen LogP contribution in [0.3, 0.4) is 0 Å². The Bertz CT molecular complexity index is 484. The van der Waals surface area contributed by atoms with Crippen LogP contribution >= 0.6 is 0 Å². The lowest BCUT2D eigenvalue weighted by Crippen LogP contribution is -2.45. The first-order valence-electron chi connectivity index (χ1n) is 5.15. The topological polar surface area (TPSA) is 87.0 Å². The van der Waals surface area contributed by atoms with Crippen molar-refractivity contribution in [3.8, 4) is 5.75 Å². The van der Waals surface area contributed by atoms with Gasteiger partial charge in [0.2, 0.25) is 0 Å². The molecule has 0 amide bonds. The molecule has 0 spiro atoms. The van der Waals surface area contributed by atoms with Gasteiger partial charge in [-0.1, -0.05) is 24.4 Å². The fourth-order valence-corrected chi connectivity index (χ4v) is 2.46. The zero-order chi connectivity index (χ0) is 11.5. The molecule has 2 aliphatic rings. The number of hydrogen-bond donors (Lipinski definition) is 3. The van der Waals surface area contributed by atoms with Gasteiger partial charge >= 0.3 is 12.7 Å². The Morgan fingerprint density at radius 1 is 1.44 bits per heavy atom. The summed E-state index contributed by atoms with van der Waals surface area (Å²) in [7, 11) is 0. The second-order valence-electron chi connectivity index (χ2n) is 4.41. The molecular weight excluding hydrogens is 211 g/mol. The SMILES string of the molecule is O=C(O)c1cccc2c1O[B-](O)(O)[C@@H]1C[C@H]21. The minimum Gasteiger partial charge on any atom is -0.669 e. The third-order valence-corrected chi connectivity index (χ3v) is 3.36. The molecule has 5 nitrogen and oxygen atoms in total. The lowest BCUT2D eigenvalue weighted by molar-refractivity contribution is 0.0693. The lowest BCUT2D eigenvalue weighted by Gasteiger charge is -2.36. The third kappa shape index (κ3) is 1.17. The highest BCUT2D eigenvalue weighted by atomic mass is 16.6. The molecule has 84 valence electrons. The molecule has 0 unspecified atom stereocenters. The van der Waals surface area contributed by atoms with Gasteiger partial charge in [-0.05, 0) is 17.5 Å². The predicted octanol–water partition coefficient (Wildman–Crippen LogP) is 0.558. The highest BCUT2D eigenvalue weighted by molar-refractivity contribution is 6.62. The van der Waals surface area contributed by atoms with Crippen LogP contribution in [-0.2, 0) is 0 Å². The van der Waals surface area contributed by atoms with Crippen LogP contribution in [0.25, 0.3) is 0 Å². The summed E-state index contributed by atoms with van der Waals surface area (Å²) in [5, 5.41) is 28.3. The molecule has 1 fully saturated rings. The Labute approximate surface area is 91.3 Å². The first-order chi connectivity index (χ1) is 7.50. The molecule has 1 aromatic carbocycles. The molecule has 3 rings (SSSR count). The van der Waals surface area contributed by atoms with Crippen molar-refractivity contribution in [3.63, 3.8) is 0 Å². The van der Waals surface area contributed by atoms with Crippen molar-refractivity contribution in [3.05, 3.63) is 29.3 Å². The number of hydrogen-bond acceptors (Lipinski definition) is 4. The largest absolute Gasteiger partial charge is 0.669 e. The molecule has 1 heterocycles. The highest BCUT2D eigenvalue weighted by Crippen LogP contribution is 2.62. The van der Waals surface area contributed by atoms with Crippen molar-refractivity contribution < 1.29 is 24.6 Å². The van der Waals surface area contributed by atoms with E-state index in [0.717, 1.165) is 5.56 Å². The second kappa shape index (κ2) is 2.78. The van der Waals surface area contributed by atoms with E-state index in [9.17, 15) is 14.8 Å². The number of carboxylic acids is 1. The minimum atomic E-state index is -2.90. The summed E-state index contributed by atoms with van der Waals surface area (Å²) in [5.74, 6) is -1.27. The van der Waals surface area contributed by atoms with Crippen LogP contribution in [0.15, 0.2) is 18.2 Å². The van der Waals surface area contributed by atoms with E-state index >= 15 is 0 Å². The highest BCUT2D eigenvalue weighted by Gasteiger charge is 2.55. The van der Waals surface area contributed by atoms with Crippen LogP contribution in [0.1, 0.15) is 28.3 Å². The van der Waals surface area contributed by atoms with Gasteiger partial charge in [-0.15, -0.1) is 0 Å². The lowest BCUT2D eigenvalue weighted by atomic mass is 9.68. The van der Waals surface area contributed by atoms with Gasteiger partial charge in [0, 0.05) is 0 Å². The molecule has 0 saturated heterocycles. The van der Waals surface area contributed by atoms with E-state index in [2.05, 4.69) is 0 Å². The van der Waals surface area contributed by atoms with Gasteiger partial charge in [0.05, 0.1) is 11.3 Å². The summed E-state index contributed by atoms with van der Waals surface area (Å²) >= 11 is 0. The van der Waals surface area contributed by atoms with Gasteiger partial charge in [0.25, 0.3) is 0 Å². The number of carbonyl (C=O) groups is 1. The van der Waals surface area contributed by atoms with Crippen molar-refractivity contribution in [1.29, 1.82) is 0 Å². The van der Waals surface area contributed by atoms with E-state index in [0.29, 0.717) is 6.42 Å². The third-order valence-electron chi connectivity index (χ3n) is 3.36. The number of benzene rings is 1. The van der Waals surface area contributed by atoms with E-state index in [1.54, 1.807) is 12.1 Å². The minimum absolute atomic E-state index is 0.0165. The Morgan fingerprint density at radius 3 is 2.88 bits per heavy atom. The standard InChI is InChI=1S/C10H10BO5/c12-10(13)6-3-1-2-5-7-4-8(7)11(14,15)16-9(5)6/h1-3,7-8,14-15H,4H2,(H,12,13)/q-1/t7-,8-/m1/s1. The van der Waals surface area contributed by atoms with Gasteiger partial charge in [-0.3, -0.25) is 0 Å². The second-order valence-corrected chi connectivity index (χ2v) is 4.41. The maximum absolute atomic E-state index is 11.0. The van der Waals surface area contributed by atoms with Crippen LogP contribution < -0.4 is 4.65 Å². The zero-order valence-corrected chi connectivity index (χ0v) is 8.33. The van der Waals surface area contributed by atoms with Crippen LogP contribution in [-0.4, -0.2) is 27.9 Å². The Balaban J connectivity index is 2.16. The van der Waals surface area contributed by atoms with E-state index < -0.39 is 12.7 Å². The van der Waals surface area contributed by atoms with Gasteiger partial charge in [-0.25, -0.2) is 4.79 Å². The average molecular weight is 221 g/mol. The summed E-state index contributed by atoms with van der Waals surface area (Å²) in [6.07, 6.45) is 0.642. The van der Waals surface area contributed by atoms with Crippen LogP contribution in [0, 0.1) is 0 Å². The molecule has 1 aliphatic heterocycles. The maximum atomic E-state index is 11.0. The molecule has 0 radical (unpaired) electrons. The van der Waals surface area contributed by atoms with Crippen LogP contribution in [0.5, 0.6) is 5.75 Å². The normalized spacial score (nSPS) is 28.6. The fourth-order valence-electron chi connectivity index (χ4n) is 2.46. The van der Waals surface area contributed by atoms with Gasteiger partial charge in [-0.2, -0.15) is 0 Å². The molecule has 3 N–H and O–H groups in total.